The predicted octanol–water partition coefficient (Wildman–Crippen LogP) is 0.215. The second-order valence-electron chi connectivity index (χ2n) is 3.33. The van der Waals surface area contributed by atoms with Crippen molar-refractivity contribution in [1.29, 1.82) is 0 Å². The number of esters is 1. The van der Waals surface area contributed by atoms with Gasteiger partial charge in [-0.1, -0.05) is 0 Å². The van der Waals surface area contributed by atoms with Gasteiger partial charge < -0.3 is 24.4 Å². The van der Waals surface area contributed by atoms with Gasteiger partial charge in [-0.25, -0.2) is 4.79 Å². The summed E-state index contributed by atoms with van der Waals surface area (Å²) >= 11 is 0. The summed E-state index contributed by atoms with van der Waals surface area (Å²) in [4.78, 5) is 11.4. The Morgan fingerprint density at radius 3 is 1.94 bits per heavy atom. The average Bonchev–Trinajstić information content (AvgIpc) is 2.41. The molecule has 0 amide bonds. The second-order valence-corrected chi connectivity index (χ2v) is 3.33. The highest BCUT2D eigenvalue weighted by atomic mass is 16.5. The first-order valence-electron chi connectivity index (χ1n) is 5.42. The van der Waals surface area contributed by atoms with Crippen LogP contribution in [0.3, 0.4) is 0 Å². The van der Waals surface area contributed by atoms with Crippen LogP contribution in [-0.2, 0) is 4.74 Å². The minimum atomic E-state index is -0.515. The summed E-state index contributed by atoms with van der Waals surface area (Å²) in [7, 11) is 1.28. The number of carbonyl (C=O) groups excluding carboxylic acids is 1. The van der Waals surface area contributed by atoms with Gasteiger partial charge in [0.2, 0.25) is 0 Å². The summed E-state index contributed by atoms with van der Waals surface area (Å²) in [6.07, 6.45) is 0. The van der Waals surface area contributed by atoms with Gasteiger partial charge in [0.15, 0.2) is 0 Å². The maximum absolute atomic E-state index is 11.4. The van der Waals surface area contributed by atoms with Gasteiger partial charge in [0, 0.05) is 6.07 Å². The van der Waals surface area contributed by atoms with Gasteiger partial charge in [0.25, 0.3) is 0 Å². The van der Waals surface area contributed by atoms with Crippen LogP contribution >= 0.6 is 0 Å². The van der Waals surface area contributed by atoms with E-state index in [0.717, 1.165) is 0 Å². The lowest BCUT2D eigenvalue weighted by Gasteiger charge is -2.10. The first kappa shape index (κ1) is 14.3. The minimum absolute atomic E-state index is 0.115. The normalized spacial score (nSPS) is 9.94. The zero-order valence-corrected chi connectivity index (χ0v) is 10.1. The lowest BCUT2D eigenvalue weighted by Crippen LogP contribution is -2.07. The molecule has 1 aromatic carbocycles. The van der Waals surface area contributed by atoms with Crippen molar-refractivity contribution in [2.24, 2.45) is 0 Å². The topological polar surface area (TPSA) is 85.2 Å². The van der Waals surface area contributed by atoms with Crippen LogP contribution in [0.5, 0.6) is 11.5 Å². The third kappa shape index (κ3) is 4.23. The van der Waals surface area contributed by atoms with E-state index in [1.807, 2.05) is 0 Å². The third-order valence-electron chi connectivity index (χ3n) is 2.02. The lowest BCUT2D eigenvalue weighted by molar-refractivity contribution is 0.0599. The molecule has 0 aliphatic heterocycles. The van der Waals surface area contributed by atoms with Crippen molar-refractivity contribution < 1.29 is 29.2 Å². The van der Waals surface area contributed by atoms with Crippen molar-refractivity contribution in [3.8, 4) is 11.5 Å². The molecule has 100 valence electrons. The van der Waals surface area contributed by atoms with Crippen LogP contribution in [0.1, 0.15) is 10.4 Å². The summed E-state index contributed by atoms with van der Waals surface area (Å²) < 4.78 is 15.0. The molecule has 1 aromatic rings. The molecular weight excluding hydrogens is 240 g/mol. The number of aliphatic hydroxyl groups excluding tert-OH is 2. The van der Waals surface area contributed by atoms with Crippen LogP contribution in [0.4, 0.5) is 0 Å². The first-order chi connectivity index (χ1) is 8.71. The molecule has 0 spiro atoms. The van der Waals surface area contributed by atoms with Crippen LogP contribution in [0, 0.1) is 0 Å². The fourth-order valence-electron chi connectivity index (χ4n) is 1.30. The second kappa shape index (κ2) is 7.52. The molecule has 0 aromatic heterocycles. The van der Waals surface area contributed by atoms with E-state index in [-0.39, 0.29) is 32.0 Å². The largest absolute Gasteiger partial charge is 0.491 e. The number of hydrogen-bond acceptors (Lipinski definition) is 6. The Balaban J connectivity index is 2.91. The van der Waals surface area contributed by atoms with Gasteiger partial charge in [0.05, 0.1) is 25.9 Å². The Kier molecular flexibility index (Phi) is 5.96. The predicted molar refractivity (Wildman–Crippen MR) is 62.9 cm³/mol. The molecule has 2 N–H and O–H groups in total. The standard InChI is InChI=1S/C12H16O6/c1-16-12(15)9-6-10(17-4-2-13)8-11(7-9)18-5-3-14/h6-8,13-14H,2-5H2,1H3. The zero-order chi connectivity index (χ0) is 13.4. The number of hydrogen-bond donors (Lipinski definition) is 2. The molecule has 0 unspecified atom stereocenters. The zero-order valence-electron chi connectivity index (χ0n) is 10.1. The molecule has 0 atom stereocenters. The Morgan fingerprint density at radius 1 is 1.06 bits per heavy atom. The third-order valence-corrected chi connectivity index (χ3v) is 2.02. The number of carbonyl (C=O) groups is 1. The highest BCUT2D eigenvalue weighted by Gasteiger charge is 2.10. The van der Waals surface area contributed by atoms with E-state index >= 15 is 0 Å². The summed E-state index contributed by atoms with van der Waals surface area (Å²) in [6.45, 7) is -0.0291. The Bertz CT molecular complexity index is 364. The Hall–Kier alpha value is -1.79. The van der Waals surface area contributed by atoms with E-state index in [2.05, 4.69) is 4.74 Å². The van der Waals surface area contributed by atoms with Gasteiger partial charge in [-0.2, -0.15) is 0 Å². The molecule has 0 bridgehead atoms. The van der Waals surface area contributed by atoms with Crippen molar-refractivity contribution in [3.63, 3.8) is 0 Å². The Morgan fingerprint density at radius 2 is 1.56 bits per heavy atom. The van der Waals surface area contributed by atoms with Crippen LogP contribution in [-0.4, -0.2) is 49.7 Å². The molecule has 0 aliphatic rings. The lowest BCUT2D eigenvalue weighted by atomic mass is 10.2. The van der Waals surface area contributed by atoms with E-state index in [1.165, 1.54) is 19.2 Å². The van der Waals surface area contributed by atoms with Gasteiger partial charge in [-0.05, 0) is 12.1 Å². The molecule has 0 radical (unpaired) electrons. The molecule has 0 aliphatic carbocycles. The van der Waals surface area contributed by atoms with Crippen LogP contribution in [0.2, 0.25) is 0 Å². The molecule has 0 heterocycles. The fourth-order valence-corrected chi connectivity index (χ4v) is 1.30. The first-order valence-corrected chi connectivity index (χ1v) is 5.42. The van der Waals surface area contributed by atoms with Crippen molar-refractivity contribution in [2.75, 3.05) is 33.5 Å². The average molecular weight is 256 g/mol. The fraction of sp³-hybridized carbons (Fsp3) is 0.417. The summed E-state index contributed by atoms with van der Waals surface area (Å²) in [5, 5.41) is 17.4. The summed E-state index contributed by atoms with van der Waals surface area (Å²) in [5.74, 6) is 0.262. The molecule has 0 fully saturated rings. The number of benzene rings is 1. The molecule has 1 rings (SSSR count). The molecule has 0 saturated carbocycles. The summed E-state index contributed by atoms with van der Waals surface area (Å²) in [6, 6.07) is 4.55. The van der Waals surface area contributed by atoms with E-state index in [4.69, 9.17) is 19.7 Å². The highest BCUT2D eigenvalue weighted by molar-refractivity contribution is 5.90. The maximum atomic E-state index is 11.4. The van der Waals surface area contributed by atoms with Crippen LogP contribution in [0.25, 0.3) is 0 Å². The van der Waals surface area contributed by atoms with E-state index < -0.39 is 5.97 Å². The van der Waals surface area contributed by atoms with Gasteiger partial charge in [-0.3, -0.25) is 0 Å². The number of ether oxygens (including phenoxy) is 3. The van der Waals surface area contributed by atoms with Crippen LogP contribution < -0.4 is 9.47 Å². The molecule has 6 heteroatoms. The van der Waals surface area contributed by atoms with Crippen molar-refractivity contribution in [3.05, 3.63) is 23.8 Å². The maximum Gasteiger partial charge on any atom is 0.338 e. The molecular formula is C12H16O6. The van der Waals surface area contributed by atoms with Crippen molar-refractivity contribution >= 4 is 5.97 Å². The van der Waals surface area contributed by atoms with E-state index in [0.29, 0.717) is 11.5 Å². The van der Waals surface area contributed by atoms with Crippen molar-refractivity contribution in [1.82, 2.24) is 0 Å². The smallest absolute Gasteiger partial charge is 0.338 e. The number of rotatable bonds is 7. The van der Waals surface area contributed by atoms with Crippen LogP contribution in [0.15, 0.2) is 18.2 Å². The molecule has 6 nitrogen and oxygen atoms in total. The monoisotopic (exact) mass is 256 g/mol. The van der Waals surface area contributed by atoms with E-state index in [1.54, 1.807) is 6.07 Å². The number of aliphatic hydroxyl groups is 2. The highest BCUT2D eigenvalue weighted by Crippen LogP contribution is 2.23. The SMILES string of the molecule is COC(=O)c1cc(OCCO)cc(OCCO)c1. The van der Waals surface area contributed by atoms with E-state index in [9.17, 15) is 4.79 Å². The molecule has 18 heavy (non-hydrogen) atoms. The van der Waals surface area contributed by atoms with Crippen molar-refractivity contribution in [2.45, 2.75) is 0 Å². The molecule has 0 saturated heterocycles. The number of methoxy groups -OCH3 is 1. The minimum Gasteiger partial charge on any atom is -0.491 e. The Labute approximate surface area is 105 Å². The van der Waals surface area contributed by atoms with Gasteiger partial charge in [0.1, 0.15) is 24.7 Å². The van der Waals surface area contributed by atoms with Gasteiger partial charge in [-0.15, -0.1) is 0 Å². The quantitative estimate of drug-likeness (QED) is 0.679. The van der Waals surface area contributed by atoms with Gasteiger partial charge >= 0.3 is 5.97 Å². The summed E-state index contributed by atoms with van der Waals surface area (Å²) in [5.41, 5.74) is 0.279.